The summed E-state index contributed by atoms with van der Waals surface area (Å²) in [5.41, 5.74) is 0. The van der Waals surface area contributed by atoms with Crippen molar-refractivity contribution in [3.8, 4) is 0 Å². The minimum Gasteiger partial charge on any atom is -0.396 e. The molecule has 86 valence electrons. The third kappa shape index (κ3) is 8.97. The van der Waals surface area contributed by atoms with Crippen molar-refractivity contribution in [2.75, 3.05) is 13.2 Å². The van der Waals surface area contributed by atoms with Crippen LogP contribution in [-0.4, -0.2) is 22.8 Å². The molecule has 1 atom stereocenters. The van der Waals surface area contributed by atoms with Gasteiger partial charge in [0.05, 0.1) is 0 Å². The fourth-order valence-corrected chi connectivity index (χ4v) is 1.93. The van der Waals surface area contributed by atoms with E-state index < -0.39 is 0 Å². The first-order valence-corrected chi connectivity index (χ1v) is 6.35. The highest BCUT2D eigenvalue weighted by Gasteiger charge is 2.18. The van der Waals surface area contributed by atoms with Gasteiger partial charge >= 0.3 is 0 Å². The lowest BCUT2D eigenvalue weighted by atomic mass is 10.2. The van der Waals surface area contributed by atoms with Crippen molar-refractivity contribution in [3.63, 3.8) is 0 Å². The molecule has 14 heavy (non-hydrogen) atoms. The molecule has 0 spiro atoms. The van der Waals surface area contributed by atoms with E-state index in [1.807, 2.05) is 0 Å². The number of alkyl halides is 1. The topological polar surface area (TPSA) is 29.5 Å². The van der Waals surface area contributed by atoms with Crippen molar-refractivity contribution in [2.24, 2.45) is 0 Å². The Morgan fingerprint density at radius 3 is 2.43 bits per heavy atom. The van der Waals surface area contributed by atoms with E-state index in [1.54, 1.807) is 0 Å². The average molecular weight is 267 g/mol. The summed E-state index contributed by atoms with van der Waals surface area (Å²) in [5.74, 6) is 0. The zero-order valence-electron chi connectivity index (χ0n) is 9.39. The summed E-state index contributed by atoms with van der Waals surface area (Å²) in [4.78, 5) is 0. The molecule has 0 rings (SSSR count). The fourth-order valence-electron chi connectivity index (χ4n) is 1.37. The molecule has 0 aromatic heterocycles. The first-order chi connectivity index (χ1) is 6.62. The van der Waals surface area contributed by atoms with Crippen LogP contribution < -0.4 is 0 Å². The van der Waals surface area contributed by atoms with E-state index in [4.69, 9.17) is 9.84 Å². The van der Waals surface area contributed by atoms with Gasteiger partial charge in [0.1, 0.15) is 4.51 Å². The molecule has 0 radical (unpaired) electrons. The Balaban J connectivity index is 3.26. The van der Waals surface area contributed by atoms with Crippen molar-refractivity contribution >= 4 is 15.9 Å². The van der Waals surface area contributed by atoms with Crippen LogP contribution in [0.4, 0.5) is 0 Å². The van der Waals surface area contributed by atoms with Gasteiger partial charge in [0.2, 0.25) is 0 Å². The monoisotopic (exact) mass is 266 g/mol. The summed E-state index contributed by atoms with van der Waals surface area (Å²) in [6, 6.07) is 0. The number of hydrogen-bond donors (Lipinski definition) is 1. The second-order valence-corrected chi connectivity index (χ2v) is 5.52. The van der Waals surface area contributed by atoms with Crippen LogP contribution in [0.25, 0.3) is 0 Å². The van der Waals surface area contributed by atoms with E-state index in [0.717, 1.165) is 45.1 Å². The van der Waals surface area contributed by atoms with Gasteiger partial charge in [-0.3, -0.25) is 0 Å². The summed E-state index contributed by atoms with van der Waals surface area (Å²) < 4.78 is 5.56. The molecule has 0 amide bonds. The first-order valence-electron chi connectivity index (χ1n) is 5.56. The van der Waals surface area contributed by atoms with E-state index >= 15 is 0 Å². The summed E-state index contributed by atoms with van der Waals surface area (Å²) in [6.45, 7) is 5.36. The summed E-state index contributed by atoms with van der Waals surface area (Å²) >= 11 is 3.56. The molecule has 0 fully saturated rings. The largest absolute Gasteiger partial charge is 0.396 e. The molecule has 0 heterocycles. The van der Waals surface area contributed by atoms with Crippen molar-refractivity contribution < 1.29 is 9.84 Å². The fraction of sp³-hybridized carbons (Fsp3) is 1.00. The molecule has 0 aromatic rings. The van der Waals surface area contributed by atoms with Gasteiger partial charge in [-0.2, -0.15) is 0 Å². The van der Waals surface area contributed by atoms with Gasteiger partial charge in [0.25, 0.3) is 0 Å². The van der Waals surface area contributed by atoms with Gasteiger partial charge in [-0.25, -0.2) is 0 Å². The SMILES string of the molecule is CCCC(C)(Br)OCCCCCCO. The van der Waals surface area contributed by atoms with Crippen LogP contribution in [0.15, 0.2) is 0 Å². The lowest BCUT2D eigenvalue weighted by molar-refractivity contribution is 0.0356. The standard InChI is InChI=1S/C11H23BrO2/c1-3-8-11(2,12)14-10-7-5-4-6-9-13/h13H,3-10H2,1-2H3. The number of hydrogen-bond acceptors (Lipinski definition) is 2. The van der Waals surface area contributed by atoms with Gasteiger partial charge in [0.15, 0.2) is 0 Å². The summed E-state index contributed by atoms with van der Waals surface area (Å²) in [5, 5.41) is 8.58. The molecule has 0 aliphatic rings. The zero-order valence-corrected chi connectivity index (χ0v) is 11.0. The molecule has 3 heteroatoms. The number of aliphatic hydroxyl groups is 1. The van der Waals surface area contributed by atoms with Crippen LogP contribution in [0.2, 0.25) is 0 Å². The Bertz CT molecular complexity index is 126. The Hall–Kier alpha value is 0.400. The quantitative estimate of drug-likeness (QED) is 0.512. The van der Waals surface area contributed by atoms with Crippen LogP contribution in [0.3, 0.4) is 0 Å². The van der Waals surface area contributed by atoms with Crippen LogP contribution in [0.5, 0.6) is 0 Å². The Kier molecular flexibility index (Phi) is 8.94. The highest BCUT2D eigenvalue weighted by molar-refractivity contribution is 9.10. The van der Waals surface area contributed by atoms with E-state index in [-0.39, 0.29) is 4.51 Å². The van der Waals surface area contributed by atoms with Gasteiger partial charge in [0, 0.05) is 13.2 Å². The minimum atomic E-state index is -0.140. The molecule has 0 saturated carbocycles. The lowest BCUT2D eigenvalue weighted by Gasteiger charge is -2.22. The van der Waals surface area contributed by atoms with E-state index in [0.29, 0.717) is 6.61 Å². The van der Waals surface area contributed by atoms with Crippen LogP contribution in [-0.2, 0) is 4.74 Å². The summed E-state index contributed by atoms with van der Waals surface area (Å²) in [6.07, 6.45) is 6.43. The number of unbranched alkanes of at least 4 members (excludes halogenated alkanes) is 3. The highest BCUT2D eigenvalue weighted by Crippen LogP contribution is 2.25. The molecule has 0 aromatic carbocycles. The average Bonchev–Trinajstić information content (AvgIpc) is 2.11. The van der Waals surface area contributed by atoms with E-state index in [9.17, 15) is 0 Å². The molecule has 1 unspecified atom stereocenters. The number of halogens is 1. The molecule has 0 saturated heterocycles. The lowest BCUT2D eigenvalue weighted by Crippen LogP contribution is -2.20. The van der Waals surface area contributed by atoms with Crippen molar-refractivity contribution in [2.45, 2.75) is 56.9 Å². The van der Waals surface area contributed by atoms with Crippen LogP contribution in [0, 0.1) is 0 Å². The maximum Gasteiger partial charge on any atom is 0.120 e. The molecular formula is C11H23BrO2. The number of aliphatic hydroxyl groups excluding tert-OH is 1. The normalized spacial score (nSPS) is 15.4. The maximum atomic E-state index is 8.58. The van der Waals surface area contributed by atoms with Crippen LogP contribution >= 0.6 is 15.9 Å². The smallest absolute Gasteiger partial charge is 0.120 e. The predicted octanol–water partition coefficient (Wildman–Crippen LogP) is 3.47. The second-order valence-electron chi connectivity index (χ2n) is 3.84. The third-order valence-corrected chi connectivity index (χ3v) is 2.78. The molecule has 0 bridgehead atoms. The Morgan fingerprint density at radius 2 is 1.86 bits per heavy atom. The van der Waals surface area contributed by atoms with Gasteiger partial charge < -0.3 is 9.84 Å². The van der Waals surface area contributed by atoms with E-state index in [1.165, 1.54) is 0 Å². The van der Waals surface area contributed by atoms with Crippen molar-refractivity contribution in [3.05, 3.63) is 0 Å². The third-order valence-electron chi connectivity index (χ3n) is 2.15. The molecule has 1 N–H and O–H groups in total. The first kappa shape index (κ1) is 14.4. The molecular weight excluding hydrogens is 244 g/mol. The Labute approximate surface area is 96.2 Å². The molecule has 2 nitrogen and oxygen atoms in total. The van der Waals surface area contributed by atoms with Gasteiger partial charge in [-0.05, 0) is 26.2 Å². The van der Waals surface area contributed by atoms with Crippen LogP contribution in [0.1, 0.15) is 52.4 Å². The minimum absolute atomic E-state index is 0.140. The molecule has 0 aliphatic heterocycles. The predicted molar refractivity (Wildman–Crippen MR) is 63.7 cm³/mol. The second kappa shape index (κ2) is 8.69. The van der Waals surface area contributed by atoms with Crippen molar-refractivity contribution in [1.82, 2.24) is 0 Å². The van der Waals surface area contributed by atoms with E-state index in [2.05, 4.69) is 29.8 Å². The van der Waals surface area contributed by atoms with Gasteiger partial charge in [-0.15, -0.1) is 0 Å². The number of ether oxygens (including phenoxy) is 1. The molecule has 0 aliphatic carbocycles. The van der Waals surface area contributed by atoms with Crippen molar-refractivity contribution in [1.29, 1.82) is 0 Å². The maximum absolute atomic E-state index is 8.58. The summed E-state index contributed by atoms with van der Waals surface area (Å²) in [7, 11) is 0. The number of rotatable bonds is 9. The zero-order chi connectivity index (χ0) is 10.9. The Morgan fingerprint density at radius 1 is 1.21 bits per heavy atom. The highest BCUT2D eigenvalue weighted by atomic mass is 79.9. The van der Waals surface area contributed by atoms with Gasteiger partial charge in [-0.1, -0.05) is 42.1 Å².